The van der Waals surface area contributed by atoms with Gasteiger partial charge in [-0.15, -0.1) is 0 Å². The van der Waals surface area contributed by atoms with E-state index in [0.717, 1.165) is 30.0 Å². The van der Waals surface area contributed by atoms with Gasteiger partial charge in [0.25, 0.3) is 0 Å². The molecule has 0 aliphatic heterocycles. The largest absolute Gasteiger partial charge is 0.389 e. The number of nitrogens with zero attached hydrogens (tertiary/aromatic N) is 1. The Hall–Kier alpha value is -1.94. The second kappa shape index (κ2) is 7.18. The Morgan fingerprint density at radius 1 is 1.24 bits per heavy atom. The van der Waals surface area contributed by atoms with Crippen LogP contribution >= 0.6 is 12.2 Å². The van der Waals surface area contributed by atoms with Crippen LogP contribution in [0.1, 0.15) is 36.1 Å². The van der Waals surface area contributed by atoms with Crippen LogP contribution in [0.3, 0.4) is 0 Å². The Kier molecular flexibility index (Phi) is 5.28. The fourth-order valence-corrected chi connectivity index (χ4v) is 2.41. The number of hydrogen-bond donors (Lipinski definition) is 2. The maximum absolute atomic E-state index is 5.74. The number of pyridine rings is 1. The van der Waals surface area contributed by atoms with Crippen molar-refractivity contribution in [3.8, 4) is 0 Å². The summed E-state index contributed by atoms with van der Waals surface area (Å²) in [7, 11) is 0. The molecule has 1 unspecified atom stereocenters. The number of aryl methyl sites for hydroxylation is 1. The van der Waals surface area contributed by atoms with E-state index in [1.54, 1.807) is 0 Å². The van der Waals surface area contributed by atoms with Crippen LogP contribution < -0.4 is 11.1 Å². The minimum atomic E-state index is 0.376. The van der Waals surface area contributed by atoms with Crippen molar-refractivity contribution in [3.63, 3.8) is 0 Å². The average molecular weight is 299 g/mol. The fourth-order valence-electron chi connectivity index (χ4n) is 2.25. The minimum absolute atomic E-state index is 0.376. The standard InChI is InChI=1S/C17H21N3S/c1-12(14-6-4-3-5-7-14)10-11-19-17-15(16(18)21)9-8-13(2)20-17/h3-9,12H,10-11H2,1-2H3,(H2,18,21)(H,19,20). The Bertz CT molecular complexity index is 611. The van der Waals surface area contributed by atoms with E-state index in [-0.39, 0.29) is 0 Å². The summed E-state index contributed by atoms with van der Waals surface area (Å²) in [6, 6.07) is 14.4. The summed E-state index contributed by atoms with van der Waals surface area (Å²) in [5, 5.41) is 3.36. The first kappa shape index (κ1) is 15.4. The minimum Gasteiger partial charge on any atom is -0.389 e. The Labute approximate surface area is 131 Å². The molecule has 1 aromatic heterocycles. The predicted molar refractivity (Wildman–Crippen MR) is 92.8 cm³/mol. The summed E-state index contributed by atoms with van der Waals surface area (Å²) < 4.78 is 0. The van der Waals surface area contributed by atoms with Crippen molar-refractivity contribution in [2.75, 3.05) is 11.9 Å². The van der Waals surface area contributed by atoms with E-state index in [4.69, 9.17) is 18.0 Å². The molecule has 1 heterocycles. The van der Waals surface area contributed by atoms with E-state index in [1.807, 2.05) is 25.1 Å². The normalized spacial score (nSPS) is 11.9. The third kappa shape index (κ3) is 4.26. The zero-order valence-corrected chi connectivity index (χ0v) is 13.3. The van der Waals surface area contributed by atoms with Gasteiger partial charge in [0.15, 0.2) is 0 Å². The van der Waals surface area contributed by atoms with E-state index in [1.165, 1.54) is 5.56 Å². The highest BCUT2D eigenvalue weighted by atomic mass is 32.1. The van der Waals surface area contributed by atoms with Crippen molar-refractivity contribution in [3.05, 3.63) is 59.3 Å². The van der Waals surface area contributed by atoms with Gasteiger partial charge in [0.2, 0.25) is 0 Å². The number of benzene rings is 1. The molecule has 4 heteroatoms. The van der Waals surface area contributed by atoms with Gasteiger partial charge in [0.1, 0.15) is 10.8 Å². The summed E-state index contributed by atoms with van der Waals surface area (Å²) in [5.74, 6) is 1.28. The van der Waals surface area contributed by atoms with Crippen molar-refractivity contribution < 1.29 is 0 Å². The highest BCUT2D eigenvalue weighted by Gasteiger charge is 2.08. The first-order chi connectivity index (χ1) is 10.1. The van der Waals surface area contributed by atoms with Crippen LogP contribution in [0.5, 0.6) is 0 Å². The Balaban J connectivity index is 1.97. The number of nitrogens with two attached hydrogens (primary N) is 1. The van der Waals surface area contributed by atoms with E-state index in [9.17, 15) is 0 Å². The van der Waals surface area contributed by atoms with Crippen LogP contribution in [0.15, 0.2) is 42.5 Å². The zero-order valence-electron chi connectivity index (χ0n) is 12.5. The molecule has 0 fully saturated rings. The second-order valence-electron chi connectivity index (χ2n) is 5.24. The van der Waals surface area contributed by atoms with Crippen molar-refractivity contribution >= 4 is 23.0 Å². The fraction of sp³-hybridized carbons (Fsp3) is 0.294. The molecular formula is C17H21N3S. The maximum atomic E-state index is 5.74. The molecule has 1 atom stereocenters. The molecular weight excluding hydrogens is 278 g/mol. The van der Waals surface area contributed by atoms with Gasteiger partial charge in [-0.25, -0.2) is 4.98 Å². The van der Waals surface area contributed by atoms with Crippen molar-refractivity contribution in [2.45, 2.75) is 26.2 Å². The summed E-state index contributed by atoms with van der Waals surface area (Å²) in [6.07, 6.45) is 1.02. The summed E-state index contributed by atoms with van der Waals surface area (Å²) in [6.45, 7) is 5.03. The van der Waals surface area contributed by atoms with Gasteiger partial charge in [-0.1, -0.05) is 49.5 Å². The van der Waals surface area contributed by atoms with Gasteiger partial charge in [-0.3, -0.25) is 0 Å². The lowest BCUT2D eigenvalue weighted by atomic mass is 9.98. The lowest BCUT2D eigenvalue weighted by Crippen LogP contribution is -2.16. The molecule has 2 rings (SSSR count). The molecule has 2 aromatic rings. The number of nitrogens with one attached hydrogen (secondary N) is 1. The topological polar surface area (TPSA) is 50.9 Å². The average Bonchev–Trinajstić information content (AvgIpc) is 2.48. The second-order valence-corrected chi connectivity index (χ2v) is 5.68. The number of aromatic nitrogens is 1. The molecule has 3 nitrogen and oxygen atoms in total. The van der Waals surface area contributed by atoms with E-state index in [2.05, 4.69) is 41.5 Å². The molecule has 0 radical (unpaired) electrons. The van der Waals surface area contributed by atoms with Gasteiger partial charge >= 0.3 is 0 Å². The van der Waals surface area contributed by atoms with Crippen LogP contribution in [0, 0.1) is 6.92 Å². The number of rotatable bonds is 6. The van der Waals surface area contributed by atoms with Gasteiger partial charge in [0, 0.05) is 12.2 Å². The molecule has 110 valence electrons. The molecule has 21 heavy (non-hydrogen) atoms. The van der Waals surface area contributed by atoms with Gasteiger partial charge < -0.3 is 11.1 Å². The summed E-state index contributed by atoms with van der Waals surface area (Å²) in [5.41, 5.74) is 8.85. The van der Waals surface area contributed by atoms with Crippen LogP contribution in [0.4, 0.5) is 5.82 Å². The van der Waals surface area contributed by atoms with E-state index < -0.39 is 0 Å². The number of anilines is 1. The van der Waals surface area contributed by atoms with E-state index in [0.29, 0.717) is 10.9 Å². The van der Waals surface area contributed by atoms with Crippen molar-refractivity contribution in [1.82, 2.24) is 4.98 Å². The smallest absolute Gasteiger partial charge is 0.136 e. The Morgan fingerprint density at radius 3 is 2.62 bits per heavy atom. The first-order valence-electron chi connectivity index (χ1n) is 7.14. The maximum Gasteiger partial charge on any atom is 0.136 e. The van der Waals surface area contributed by atoms with Crippen LogP contribution in [-0.4, -0.2) is 16.5 Å². The third-order valence-electron chi connectivity index (χ3n) is 3.54. The molecule has 0 aliphatic carbocycles. The third-order valence-corrected chi connectivity index (χ3v) is 3.76. The van der Waals surface area contributed by atoms with E-state index >= 15 is 0 Å². The SMILES string of the molecule is Cc1ccc(C(N)=S)c(NCCC(C)c2ccccc2)n1. The predicted octanol–water partition coefficient (Wildman–Crippen LogP) is 3.63. The molecule has 0 saturated heterocycles. The highest BCUT2D eigenvalue weighted by molar-refractivity contribution is 7.80. The number of thiocarbonyl (C=S) groups is 1. The first-order valence-corrected chi connectivity index (χ1v) is 7.55. The van der Waals surface area contributed by atoms with Crippen LogP contribution in [0.25, 0.3) is 0 Å². The highest BCUT2D eigenvalue weighted by Crippen LogP contribution is 2.19. The number of hydrogen-bond acceptors (Lipinski definition) is 3. The van der Waals surface area contributed by atoms with Crippen LogP contribution in [-0.2, 0) is 0 Å². The quantitative estimate of drug-likeness (QED) is 0.800. The lowest BCUT2D eigenvalue weighted by Gasteiger charge is -2.14. The van der Waals surface area contributed by atoms with Crippen LogP contribution in [0.2, 0.25) is 0 Å². The zero-order chi connectivity index (χ0) is 15.2. The van der Waals surface area contributed by atoms with Gasteiger partial charge in [-0.05, 0) is 37.0 Å². The van der Waals surface area contributed by atoms with Gasteiger partial charge in [0.05, 0.1) is 5.56 Å². The molecule has 3 N–H and O–H groups in total. The summed E-state index contributed by atoms with van der Waals surface area (Å²) in [4.78, 5) is 4.86. The molecule has 1 aromatic carbocycles. The molecule has 0 spiro atoms. The molecule has 0 aliphatic rings. The van der Waals surface area contributed by atoms with Crippen molar-refractivity contribution in [2.24, 2.45) is 5.73 Å². The van der Waals surface area contributed by atoms with Gasteiger partial charge in [-0.2, -0.15) is 0 Å². The summed E-state index contributed by atoms with van der Waals surface area (Å²) >= 11 is 5.07. The lowest BCUT2D eigenvalue weighted by molar-refractivity contribution is 0.704. The monoisotopic (exact) mass is 299 g/mol. The molecule has 0 amide bonds. The Morgan fingerprint density at radius 2 is 1.95 bits per heavy atom. The molecule has 0 bridgehead atoms. The molecule has 0 saturated carbocycles. The van der Waals surface area contributed by atoms with Crippen molar-refractivity contribution in [1.29, 1.82) is 0 Å².